The Kier molecular flexibility index (Phi) is 1.59. The van der Waals surface area contributed by atoms with Gasteiger partial charge in [0.1, 0.15) is 9.84 Å². The molecule has 0 aliphatic rings. The highest BCUT2D eigenvalue weighted by Gasteiger charge is 1.90. The predicted molar refractivity (Wildman–Crippen MR) is 25.1 cm³/mol. The van der Waals surface area contributed by atoms with Crippen molar-refractivity contribution in [2.24, 2.45) is 0 Å². The van der Waals surface area contributed by atoms with Gasteiger partial charge in [0.2, 0.25) is 0 Å². The first-order valence-electron chi connectivity index (χ1n) is 1.53. The Hall–Kier alpha value is -0.0500. The molecule has 0 bridgehead atoms. The van der Waals surface area contributed by atoms with E-state index in [0.717, 1.165) is 6.26 Å². The van der Waals surface area contributed by atoms with Gasteiger partial charge in [-0.25, -0.2) is 8.42 Å². The molecule has 0 rings (SSSR count). The van der Waals surface area contributed by atoms with Gasteiger partial charge in [-0.15, -0.1) is 0 Å². The lowest BCUT2D eigenvalue weighted by Gasteiger charge is -1.80. The summed E-state index contributed by atoms with van der Waals surface area (Å²) in [5.74, 6) is -0.00694. The summed E-state index contributed by atoms with van der Waals surface area (Å²) in [4.78, 5) is 0. The van der Waals surface area contributed by atoms with Crippen LogP contribution in [0.2, 0.25) is 0 Å². The van der Waals surface area contributed by atoms with Gasteiger partial charge in [0.05, 0.1) is 0 Å². The summed E-state index contributed by atoms with van der Waals surface area (Å²) in [5.41, 5.74) is 0. The molecule has 0 unspecified atom stereocenters. The molecule has 0 aromatic heterocycles. The molecule has 0 aromatic rings. The van der Waals surface area contributed by atoms with Crippen molar-refractivity contribution in [1.29, 1.82) is 0 Å². The lowest BCUT2D eigenvalue weighted by atomic mass is 11.0. The SMILES string of the molecule is [CH2]CS(C)(=O)=O. The monoisotopic (exact) mass is 107 g/mol. The molecule has 0 atom stereocenters. The minimum atomic E-state index is -2.77. The third-order valence-electron chi connectivity index (χ3n) is 0.371. The molecule has 0 N–H and O–H groups in total. The van der Waals surface area contributed by atoms with E-state index in [9.17, 15) is 8.42 Å². The van der Waals surface area contributed by atoms with Gasteiger partial charge in [-0.3, -0.25) is 0 Å². The molecular weight excluding hydrogens is 100 g/mol. The zero-order chi connectivity index (χ0) is 5.21. The maximum absolute atomic E-state index is 9.94. The maximum Gasteiger partial charge on any atom is 0.147 e. The summed E-state index contributed by atoms with van der Waals surface area (Å²) in [6, 6.07) is 0. The van der Waals surface area contributed by atoms with Gasteiger partial charge < -0.3 is 0 Å². The molecule has 0 aliphatic heterocycles. The number of sulfone groups is 1. The first-order chi connectivity index (χ1) is 2.56. The predicted octanol–water partition coefficient (Wildman–Crippen LogP) is -0.135. The highest BCUT2D eigenvalue weighted by atomic mass is 32.2. The van der Waals surface area contributed by atoms with Crippen molar-refractivity contribution < 1.29 is 8.42 Å². The Labute approximate surface area is 38.1 Å². The molecule has 3 heteroatoms. The molecule has 6 heavy (non-hydrogen) atoms. The third kappa shape index (κ3) is 3.95. The van der Waals surface area contributed by atoms with Crippen molar-refractivity contribution in [3.8, 4) is 0 Å². The Balaban J connectivity index is 3.85. The molecule has 0 aliphatic carbocycles. The smallest absolute Gasteiger partial charge is 0.147 e. The van der Waals surface area contributed by atoms with E-state index in [-0.39, 0.29) is 5.75 Å². The van der Waals surface area contributed by atoms with E-state index in [1.54, 1.807) is 0 Å². The van der Waals surface area contributed by atoms with Crippen LogP contribution in [-0.4, -0.2) is 20.4 Å². The summed E-state index contributed by atoms with van der Waals surface area (Å²) in [6.07, 6.45) is 1.15. The summed E-state index contributed by atoms with van der Waals surface area (Å²) in [6.45, 7) is 3.17. The molecule has 0 aromatic carbocycles. The van der Waals surface area contributed by atoms with Gasteiger partial charge in [-0.2, -0.15) is 0 Å². The molecule has 0 spiro atoms. The van der Waals surface area contributed by atoms with E-state index in [2.05, 4.69) is 6.92 Å². The van der Waals surface area contributed by atoms with Crippen molar-refractivity contribution in [1.82, 2.24) is 0 Å². The van der Waals surface area contributed by atoms with E-state index in [1.807, 2.05) is 0 Å². The number of hydrogen-bond donors (Lipinski definition) is 0. The highest BCUT2D eigenvalue weighted by molar-refractivity contribution is 7.90. The zero-order valence-electron chi connectivity index (χ0n) is 3.64. The van der Waals surface area contributed by atoms with Crippen molar-refractivity contribution >= 4 is 9.84 Å². The van der Waals surface area contributed by atoms with Crippen LogP contribution in [0.5, 0.6) is 0 Å². The Morgan fingerprint density at radius 1 is 1.67 bits per heavy atom. The van der Waals surface area contributed by atoms with Crippen LogP contribution in [0, 0.1) is 6.92 Å². The lowest BCUT2D eigenvalue weighted by molar-refractivity contribution is 0.604. The largest absolute Gasteiger partial charge is 0.229 e. The second-order valence-corrected chi connectivity index (χ2v) is 3.39. The standard InChI is InChI=1S/C3H7O2S/c1-3-6(2,4)5/h1,3H2,2H3. The molecule has 0 heterocycles. The second kappa shape index (κ2) is 1.60. The van der Waals surface area contributed by atoms with Crippen molar-refractivity contribution in [3.63, 3.8) is 0 Å². The van der Waals surface area contributed by atoms with Crippen LogP contribution < -0.4 is 0 Å². The molecule has 2 nitrogen and oxygen atoms in total. The lowest BCUT2D eigenvalue weighted by Crippen LogP contribution is -1.97. The van der Waals surface area contributed by atoms with Crippen LogP contribution in [0.4, 0.5) is 0 Å². The van der Waals surface area contributed by atoms with Gasteiger partial charge in [-0.1, -0.05) is 0 Å². The minimum Gasteiger partial charge on any atom is -0.229 e. The van der Waals surface area contributed by atoms with Crippen LogP contribution in [-0.2, 0) is 9.84 Å². The van der Waals surface area contributed by atoms with Crippen molar-refractivity contribution in [2.75, 3.05) is 12.0 Å². The van der Waals surface area contributed by atoms with E-state index >= 15 is 0 Å². The fraction of sp³-hybridized carbons (Fsp3) is 0.667. The van der Waals surface area contributed by atoms with Crippen molar-refractivity contribution in [2.45, 2.75) is 0 Å². The van der Waals surface area contributed by atoms with Crippen molar-refractivity contribution in [3.05, 3.63) is 6.92 Å². The molecule has 0 saturated carbocycles. The summed E-state index contributed by atoms with van der Waals surface area (Å²) >= 11 is 0. The Bertz CT molecular complexity index is 111. The number of hydrogen-bond acceptors (Lipinski definition) is 2. The summed E-state index contributed by atoms with van der Waals surface area (Å²) in [7, 11) is -2.77. The van der Waals surface area contributed by atoms with Gasteiger partial charge in [-0.05, 0) is 6.92 Å². The maximum atomic E-state index is 9.94. The fourth-order valence-corrected chi connectivity index (χ4v) is 0. The van der Waals surface area contributed by atoms with E-state index in [1.165, 1.54) is 0 Å². The first-order valence-corrected chi connectivity index (χ1v) is 3.59. The number of rotatable bonds is 1. The second-order valence-electron chi connectivity index (χ2n) is 1.13. The average molecular weight is 107 g/mol. The minimum absolute atomic E-state index is 0.00694. The van der Waals surface area contributed by atoms with Crippen LogP contribution in [0.3, 0.4) is 0 Å². The summed E-state index contributed by atoms with van der Waals surface area (Å²) < 4.78 is 19.9. The van der Waals surface area contributed by atoms with E-state index in [4.69, 9.17) is 0 Å². The zero-order valence-corrected chi connectivity index (χ0v) is 4.46. The van der Waals surface area contributed by atoms with Gasteiger partial charge in [0, 0.05) is 12.0 Å². The van der Waals surface area contributed by atoms with Crippen LogP contribution in [0.1, 0.15) is 0 Å². The molecule has 37 valence electrons. The van der Waals surface area contributed by atoms with E-state index < -0.39 is 9.84 Å². The fourth-order valence-electron chi connectivity index (χ4n) is 0. The first kappa shape index (κ1) is 5.95. The molecule has 0 fully saturated rings. The highest BCUT2D eigenvalue weighted by Crippen LogP contribution is 1.74. The molecular formula is C3H7O2S. The van der Waals surface area contributed by atoms with E-state index in [0.29, 0.717) is 0 Å². The average Bonchev–Trinajstić information content (AvgIpc) is 1.35. The third-order valence-corrected chi connectivity index (χ3v) is 1.11. The van der Waals surface area contributed by atoms with Gasteiger partial charge in [0.15, 0.2) is 0 Å². The summed E-state index contributed by atoms with van der Waals surface area (Å²) in [5, 5.41) is 0. The quantitative estimate of drug-likeness (QED) is 0.467. The Morgan fingerprint density at radius 2 is 1.83 bits per heavy atom. The normalized spacial score (nSPS) is 11.7. The van der Waals surface area contributed by atoms with Crippen LogP contribution in [0.15, 0.2) is 0 Å². The topological polar surface area (TPSA) is 34.1 Å². The van der Waals surface area contributed by atoms with Crippen LogP contribution in [0.25, 0.3) is 0 Å². The Morgan fingerprint density at radius 3 is 1.83 bits per heavy atom. The molecule has 1 radical (unpaired) electrons. The van der Waals surface area contributed by atoms with Gasteiger partial charge in [0.25, 0.3) is 0 Å². The molecule has 0 saturated heterocycles. The van der Waals surface area contributed by atoms with Crippen LogP contribution >= 0.6 is 0 Å². The molecule has 0 amide bonds. The van der Waals surface area contributed by atoms with Gasteiger partial charge >= 0.3 is 0 Å².